The van der Waals surface area contributed by atoms with E-state index in [0.717, 1.165) is 10.2 Å². The number of hydrogen-bond donors (Lipinski definition) is 1. The van der Waals surface area contributed by atoms with Gasteiger partial charge in [-0.2, -0.15) is 0 Å². The fourth-order valence-corrected chi connectivity index (χ4v) is 2.70. The van der Waals surface area contributed by atoms with Crippen molar-refractivity contribution < 1.29 is 4.79 Å². The van der Waals surface area contributed by atoms with Crippen molar-refractivity contribution in [2.24, 2.45) is 0 Å². The number of rotatable bonds is 3. The van der Waals surface area contributed by atoms with Crippen molar-refractivity contribution in [2.45, 2.75) is 6.54 Å². The first-order chi connectivity index (χ1) is 8.15. The van der Waals surface area contributed by atoms with Crippen LogP contribution in [0.15, 0.2) is 33.6 Å². The quantitative estimate of drug-likeness (QED) is 0.935. The fraction of sp³-hybridized carbons (Fsp3) is 0.0909. The lowest BCUT2D eigenvalue weighted by Crippen LogP contribution is -2.22. The van der Waals surface area contributed by atoms with Crippen molar-refractivity contribution in [3.05, 3.63) is 49.8 Å². The van der Waals surface area contributed by atoms with E-state index in [-0.39, 0.29) is 5.91 Å². The molecule has 0 aliphatic rings. The van der Waals surface area contributed by atoms with Gasteiger partial charge in [-0.15, -0.1) is 11.3 Å². The van der Waals surface area contributed by atoms with Gasteiger partial charge >= 0.3 is 0 Å². The van der Waals surface area contributed by atoms with E-state index in [1.54, 1.807) is 23.7 Å². The van der Waals surface area contributed by atoms with Crippen molar-refractivity contribution in [1.29, 1.82) is 0 Å². The molecule has 17 heavy (non-hydrogen) atoms. The molecule has 0 saturated heterocycles. The summed E-state index contributed by atoms with van der Waals surface area (Å²) in [6, 6.07) is 5.09. The van der Waals surface area contributed by atoms with Gasteiger partial charge in [0.15, 0.2) is 0 Å². The highest BCUT2D eigenvalue weighted by atomic mass is 79.9. The van der Waals surface area contributed by atoms with E-state index in [4.69, 9.17) is 11.6 Å². The molecule has 2 rings (SSSR count). The predicted molar refractivity (Wildman–Crippen MR) is 72.4 cm³/mol. The van der Waals surface area contributed by atoms with E-state index in [9.17, 15) is 4.79 Å². The summed E-state index contributed by atoms with van der Waals surface area (Å²) in [5.41, 5.74) is 3.11. The Morgan fingerprint density at radius 2 is 2.29 bits per heavy atom. The lowest BCUT2D eigenvalue weighted by molar-refractivity contribution is 0.0950. The number of benzene rings is 1. The van der Waals surface area contributed by atoms with Crippen molar-refractivity contribution in [1.82, 2.24) is 10.3 Å². The van der Waals surface area contributed by atoms with Gasteiger partial charge in [-0.25, -0.2) is 4.98 Å². The molecule has 0 saturated carbocycles. The molecule has 0 unspecified atom stereocenters. The van der Waals surface area contributed by atoms with E-state index >= 15 is 0 Å². The molecule has 1 N–H and O–H groups in total. The van der Waals surface area contributed by atoms with Crippen LogP contribution in [0.3, 0.4) is 0 Å². The number of amides is 1. The lowest BCUT2D eigenvalue weighted by atomic mass is 10.2. The molecule has 0 spiro atoms. The topological polar surface area (TPSA) is 42.0 Å². The lowest BCUT2D eigenvalue weighted by Gasteiger charge is -2.04. The molecule has 0 aliphatic carbocycles. The average Bonchev–Trinajstić information content (AvgIpc) is 2.77. The molecule has 0 aliphatic heterocycles. The molecule has 1 aromatic heterocycles. The summed E-state index contributed by atoms with van der Waals surface area (Å²) >= 11 is 10.7. The van der Waals surface area contributed by atoms with E-state index in [0.29, 0.717) is 17.1 Å². The van der Waals surface area contributed by atoms with Crippen molar-refractivity contribution in [3.8, 4) is 0 Å². The monoisotopic (exact) mass is 330 g/mol. The van der Waals surface area contributed by atoms with Gasteiger partial charge in [0.2, 0.25) is 0 Å². The maximum Gasteiger partial charge on any atom is 0.251 e. The van der Waals surface area contributed by atoms with Gasteiger partial charge in [-0.3, -0.25) is 4.79 Å². The van der Waals surface area contributed by atoms with Gasteiger partial charge in [0.05, 0.1) is 17.7 Å². The van der Waals surface area contributed by atoms with Crippen LogP contribution < -0.4 is 5.32 Å². The molecule has 0 atom stereocenters. The van der Waals surface area contributed by atoms with E-state index < -0.39 is 0 Å². The van der Waals surface area contributed by atoms with Crippen molar-refractivity contribution in [3.63, 3.8) is 0 Å². The summed E-state index contributed by atoms with van der Waals surface area (Å²) in [4.78, 5) is 15.9. The Hall–Kier alpha value is -0.910. The second-order valence-electron chi connectivity index (χ2n) is 3.32. The van der Waals surface area contributed by atoms with Crippen LogP contribution in [-0.4, -0.2) is 10.9 Å². The summed E-state index contributed by atoms with van der Waals surface area (Å²) < 4.78 is 0.781. The number of carbonyl (C=O) groups excluding carboxylic acids is 1. The molecule has 0 fully saturated rings. The molecular weight excluding hydrogens is 324 g/mol. The minimum Gasteiger partial charge on any atom is -0.346 e. The van der Waals surface area contributed by atoms with Crippen LogP contribution in [0.4, 0.5) is 0 Å². The van der Waals surface area contributed by atoms with Crippen LogP contribution in [0.25, 0.3) is 0 Å². The molecule has 6 heteroatoms. The van der Waals surface area contributed by atoms with E-state index in [1.807, 2.05) is 5.38 Å². The maximum absolute atomic E-state index is 11.8. The third kappa shape index (κ3) is 3.52. The third-order valence-electron chi connectivity index (χ3n) is 2.04. The molecular formula is C11H8BrClN2OS. The molecule has 0 bridgehead atoms. The molecule has 2 aromatic rings. The zero-order valence-corrected chi connectivity index (χ0v) is 11.8. The maximum atomic E-state index is 11.8. The van der Waals surface area contributed by atoms with Crippen LogP contribution in [0.5, 0.6) is 0 Å². The van der Waals surface area contributed by atoms with E-state index in [1.165, 1.54) is 11.3 Å². The highest BCUT2D eigenvalue weighted by Crippen LogP contribution is 2.19. The highest BCUT2D eigenvalue weighted by molar-refractivity contribution is 9.10. The minimum absolute atomic E-state index is 0.166. The van der Waals surface area contributed by atoms with Gasteiger partial charge in [0.1, 0.15) is 0 Å². The van der Waals surface area contributed by atoms with Crippen LogP contribution in [-0.2, 0) is 6.54 Å². The van der Waals surface area contributed by atoms with Gasteiger partial charge < -0.3 is 5.32 Å². The molecule has 3 nitrogen and oxygen atoms in total. The van der Waals surface area contributed by atoms with E-state index in [2.05, 4.69) is 26.2 Å². The van der Waals surface area contributed by atoms with Crippen LogP contribution in [0.1, 0.15) is 16.1 Å². The summed E-state index contributed by atoms with van der Waals surface area (Å²) in [6.07, 6.45) is 0. The number of carbonyl (C=O) groups is 1. The van der Waals surface area contributed by atoms with Crippen LogP contribution in [0.2, 0.25) is 5.02 Å². The zero-order valence-electron chi connectivity index (χ0n) is 8.61. The van der Waals surface area contributed by atoms with Crippen molar-refractivity contribution in [2.75, 3.05) is 0 Å². The smallest absolute Gasteiger partial charge is 0.251 e. The molecule has 88 valence electrons. The summed E-state index contributed by atoms with van der Waals surface area (Å²) in [7, 11) is 0. The predicted octanol–water partition coefficient (Wildman–Crippen LogP) is 3.49. The normalized spacial score (nSPS) is 10.2. The largest absolute Gasteiger partial charge is 0.346 e. The number of nitrogens with zero attached hydrogens (tertiary/aromatic N) is 1. The first-order valence-corrected chi connectivity index (χ1v) is 6.88. The Morgan fingerprint density at radius 3 is 2.94 bits per heavy atom. The average molecular weight is 332 g/mol. The molecule has 1 aromatic carbocycles. The number of hydrogen-bond acceptors (Lipinski definition) is 3. The van der Waals surface area contributed by atoms with Crippen LogP contribution in [0, 0.1) is 0 Å². The Labute approximate surface area is 116 Å². The number of nitrogens with one attached hydrogen (secondary N) is 1. The molecule has 1 heterocycles. The number of halogens is 2. The number of aromatic nitrogens is 1. The van der Waals surface area contributed by atoms with Gasteiger partial charge in [0.25, 0.3) is 5.91 Å². The molecule has 1 amide bonds. The van der Waals surface area contributed by atoms with Crippen LogP contribution >= 0.6 is 38.9 Å². The Balaban J connectivity index is 2.04. The summed E-state index contributed by atoms with van der Waals surface area (Å²) in [5, 5.41) is 5.20. The fourth-order valence-electron chi connectivity index (χ4n) is 1.28. The second kappa shape index (κ2) is 5.62. The number of thiazole rings is 1. The second-order valence-corrected chi connectivity index (χ2v) is 5.39. The summed E-state index contributed by atoms with van der Waals surface area (Å²) in [5.74, 6) is -0.166. The van der Waals surface area contributed by atoms with Gasteiger partial charge in [-0.1, -0.05) is 27.5 Å². The summed E-state index contributed by atoms with van der Waals surface area (Å²) in [6.45, 7) is 0.423. The Bertz CT molecular complexity index is 510. The standard InChI is InChI=1S/C11H8BrClN2OS/c12-8-1-7(2-9(13)3-8)11(16)14-4-10-5-17-6-15-10/h1-3,5-6H,4H2,(H,14,16). The Morgan fingerprint density at radius 1 is 1.47 bits per heavy atom. The Kier molecular flexibility index (Phi) is 4.15. The van der Waals surface area contributed by atoms with Gasteiger partial charge in [0, 0.05) is 20.4 Å². The third-order valence-corrected chi connectivity index (χ3v) is 3.35. The van der Waals surface area contributed by atoms with Gasteiger partial charge in [-0.05, 0) is 18.2 Å². The van der Waals surface area contributed by atoms with Crippen molar-refractivity contribution >= 4 is 44.8 Å². The SMILES string of the molecule is O=C(NCc1cscn1)c1cc(Cl)cc(Br)c1. The first kappa shape index (κ1) is 12.5. The highest BCUT2D eigenvalue weighted by Gasteiger charge is 2.07. The molecule has 0 radical (unpaired) electrons. The first-order valence-electron chi connectivity index (χ1n) is 4.76. The minimum atomic E-state index is -0.166. The zero-order chi connectivity index (χ0) is 12.3.